The molecular weight excluding hydrogens is 260 g/mol. The Balaban J connectivity index is 2.14. The van der Waals surface area contributed by atoms with Gasteiger partial charge in [-0.25, -0.2) is 4.79 Å². The zero-order valence-corrected chi connectivity index (χ0v) is 10.3. The quantitative estimate of drug-likeness (QED) is 0.804. The highest BCUT2D eigenvalue weighted by molar-refractivity contribution is 6.29. The van der Waals surface area contributed by atoms with Gasteiger partial charge in [-0.15, -0.1) is 10.2 Å². The van der Waals surface area contributed by atoms with Crippen molar-refractivity contribution in [2.45, 2.75) is 6.04 Å². The number of aliphatic hydroxyl groups is 1. The molecule has 8 heteroatoms. The molecule has 0 aromatic carbocycles. The normalized spacial score (nSPS) is 20.0. The van der Waals surface area contributed by atoms with Crippen LogP contribution in [0.5, 0.6) is 0 Å². The van der Waals surface area contributed by atoms with E-state index in [1.165, 1.54) is 4.90 Å². The largest absolute Gasteiger partial charge is 0.465 e. The first-order valence-electron chi connectivity index (χ1n) is 5.46. The average Bonchev–Trinajstić information content (AvgIpc) is 2.39. The highest BCUT2D eigenvalue weighted by atomic mass is 35.5. The fourth-order valence-electron chi connectivity index (χ4n) is 1.95. The van der Waals surface area contributed by atoms with E-state index in [1.807, 2.05) is 4.90 Å². The van der Waals surface area contributed by atoms with Gasteiger partial charge in [0.1, 0.15) is 0 Å². The average molecular weight is 273 g/mol. The Bertz CT molecular complexity index is 428. The molecule has 0 unspecified atom stereocenters. The molecule has 1 aromatic heterocycles. The first-order chi connectivity index (χ1) is 8.61. The molecule has 1 saturated heterocycles. The third-order valence-corrected chi connectivity index (χ3v) is 3.08. The summed E-state index contributed by atoms with van der Waals surface area (Å²) in [6.45, 7) is 0.939. The minimum absolute atomic E-state index is 0.145. The maximum absolute atomic E-state index is 10.9. The number of hydrogen-bond acceptors (Lipinski definition) is 5. The van der Waals surface area contributed by atoms with E-state index >= 15 is 0 Å². The fraction of sp³-hybridized carbons (Fsp3) is 0.500. The summed E-state index contributed by atoms with van der Waals surface area (Å²) in [7, 11) is 0. The van der Waals surface area contributed by atoms with E-state index in [9.17, 15) is 9.90 Å². The van der Waals surface area contributed by atoms with Crippen molar-refractivity contribution in [1.29, 1.82) is 0 Å². The summed E-state index contributed by atoms with van der Waals surface area (Å²) in [4.78, 5) is 14.0. The Labute approximate surface area is 109 Å². The van der Waals surface area contributed by atoms with Gasteiger partial charge in [0.05, 0.1) is 12.6 Å². The highest BCUT2D eigenvalue weighted by Crippen LogP contribution is 2.18. The minimum atomic E-state index is -0.977. The van der Waals surface area contributed by atoms with Gasteiger partial charge in [0, 0.05) is 19.6 Å². The molecule has 0 saturated carbocycles. The van der Waals surface area contributed by atoms with Crippen LogP contribution in [0.15, 0.2) is 12.1 Å². The Morgan fingerprint density at radius 2 is 2.22 bits per heavy atom. The predicted octanol–water partition coefficient (Wildman–Crippen LogP) is 0.291. The van der Waals surface area contributed by atoms with Gasteiger partial charge in [0.25, 0.3) is 0 Å². The molecule has 98 valence electrons. The fourth-order valence-corrected chi connectivity index (χ4v) is 2.05. The molecule has 1 amide bonds. The Morgan fingerprint density at radius 3 is 2.78 bits per heavy atom. The molecule has 1 aliphatic heterocycles. The molecule has 0 radical (unpaired) electrons. The molecule has 2 heterocycles. The van der Waals surface area contributed by atoms with Crippen LogP contribution < -0.4 is 4.90 Å². The molecule has 7 nitrogen and oxygen atoms in total. The number of anilines is 1. The topological polar surface area (TPSA) is 89.8 Å². The van der Waals surface area contributed by atoms with Gasteiger partial charge in [-0.05, 0) is 12.1 Å². The number of amides is 1. The molecule has 0 spiro atoms. The van der Waals surface area contributed by atoms with Gasteiger partial charge < -0.3 is 20.0 Å². The summed E-state index contributed by atoms with van der Waals surface area (Å²) in [5.74, 6) is 0.587. The van der Waals surface area contributed by atoms with Crippen LogP contribution in [-0.4, -0.2) is 63.7 Å². The smallest absolute Gasteiger partial charge is 0.407 e. The van der Waals surface area contributed by atoms with Crippen molar-refractivity contribution in [3.05, 3.63) is 17.3 Å². The Morgan fingerprint density at radius 1 is 1.44 bits per heavy atom. The van der Waals surface area contributed by atoms with E-state index in [1.54, 1.807) is 12.1 Å². The third-order valence-electron chi connectivity index (χ3n) is 2.88. The van der Waals surface area contributed by atoms with Crippen molar-refractivity contribution in [2.75, 3.05) is 31.1 Å². The van der Waals surface area contributed by atoms with E-state index in [0.717, 1.165) is 0 Å². The summed E-state index contributed by atoms with van der Waals surface area (Å²) < 4.78 is 0. The lowest BCUT2D eigenvalue weighted by Crippen LogP contribution is -2.56. The number of halogens is 1. The van der Waals surface area contributed by atoms with Gasteiger partial charge in [-0.1, -0.05) is 11.6 Å². The zero-order valence-electron chi connectivity index (χ0n) is 9.53. The number of aromatic nitrogens is 2. The Kier molecular flexibility index (Phi) is 3.83. The molecule has 1 atom stereocenters. The maximum Gasteiger partial charge on any atom is 0.407 e. The number of rotatable bonds is 2. The molecule has 18 heavy (non-hydrogen) atoms. The lowest BCUT2D eigenvalue weighted by atomic mass is 10.2. The summed E-state index contributed by atoms with van der Waals surface area (Å²) in [5.41, 5.74) is 0. The molecule has 0 bridgehead atoms. The first kappa shape index (κ1) is 12.8. The van der Waals surface area contributed by atoms with Crippen molar-refractivity contribution in [3.8, 4) is 0 Å². The van der Waals surface area contributed by atoms with Gasteiger partial charge in [0.15, 0.2) is 11.0 Å². The van der Waals surface area contributed by atoms with E-state index < -0.39 is 6.09 Å². The highest BCUT2D eigenvalue weighted by Gasteiger charge is 2.29. The molecule has 2 N–H and O–H groups in total. The zero-order chi connectivity index (χ0) is 13.1. The Hall–Kier alpha value is -1.60. The second-order valence-corrected chi connectivity index (χ2v) is 4.36. The van der Waals surface area contributed by atoms with Crippen LogP contribution in [-0.2, 0) is 0 Å². The summed E-state index contributed by atoms with van der Waals surface area (Å²) in [6, 6.07) is 3.00. The predicted molar refractivity (Wildman–Crippen MR) is 64.9 cm³/mol. The molecule has 0 aliphatic carbocycles. The summed E-state index contributed by atoms with van der Waals surface area (Å²) >= 11 is 5.66. The van der Waals surface area contributed by atoms with Gasteiger partial charge in [0.2, 0.25) is 0 Å². The van der Waals surface area contributed by atoms with Crippen LogP contribution >= 0.6 is 11.6 Å². The van der Waals surface area contributed by atoms with Crippen molar-refractivity contribution < 1.29 is 15.0 Å². The molecule has 1 aromatic rings. The summed E-state index contributed by atoms with van der Waals surface area (Å²) in [5, 5.41) is 26.2. The van der Waals surface area contributed by atoms with E-state index in [-0.39, 0.29) is 19.2 Å². The number of hydrogen-bond donors (Lipinski definition) is 2. The first-order valence-corrected chi connectivity index (χ1v) is 5.84. The second kappa shape index (κ2) is 5.36. The van der Waals surface area contributed by atoms with E-state index in [4.69, 9.17) is 16.7 Å². The summed E-state index contributed by atoms with van der Waals surface area (Å²) in [6.07, 6.45) is -0.977. The van der Waals surface area contributed by atoms with Crippen LogP contribution in [0, 0.1) is 0 Å². The number of nitrogens with zero attached hydrogens (tertiary/aromatic N) is 4. The van der Waals surface area contributed by atoms with Crippen LogP contribution in [0.2, 0.25) is 5.15 Å². The van der Waals surface area contributed by atoms with Crippen LogP contribution in [0.3, 0.4) is 0 Å². The van der Waals surface area contributed by atoms with Crippen molar-refractivity contribution >= 4 is 23.5 Å². The number of carbonyl (C=O) groups is 1. The van der Waals surface area contributed by atoms with Gasteiger partial charge in [-0.3, -0.25) is 0 Å². The second-order valence-electron chi connectivity index (χ2n) is 3.97. The molecule has 2 rings (SSSR count). The van der Waals surface area contributed by atoms with Gasteiger partial charge >= 0.3 is 6.09 Å². The number of piperazine rings is 1. The van der Waals surface area contributed by atoms with Crippen LogP contribution in [0.1, 0.15) is 0 Å². The monoisotopic (exact) mass is 272 g/mol. The standard InChI is InChI=1S/C10H13ClN4O3/c11-8-1-2-9(13-12-8)15-4-3-14(10(17)18)5-7(15)6-16/h1-2,7,16H,3-6H2,(H,17,18)/t7-/m0/s1. The molecule has 1 fully saturated rings. The SMILES string of the molecule is O=C(O)N1CCN(c2ccc(Cl)nn2)[C@H](CO)C1. The van der Waals surface area contributed by atoms with E-state index in [0.29, 0.717) is 24.1 Å². The number of carboxylic acid groups (broad SMARTS) is 1. The van der Waals surface area contributed by atoms with Gasteiger partial charge in [-0.2, -0.15) is 0 Å². The minimum Gasteiger partial charge on any atom is -0.465 e. The molecule has 1 aliphatic rings. The lowest BCUT2D eigenvalue weighted by molar-refractivity contribution is 0.124. The van der Waals surface area contributed by atoms with Crippen LogP contribution in [0.4, 0.5) is 10.6 Å². The lowest BCUT2D eigenvalue weighted by Gasteiger charge is -2.39. The maximum atomic E-state index is 10.9. The number of aliphatic hydroxyl groups excluding tert-OH is 1. The van der Waals surface area contributed by atoms with Crippen molar-refractivity contribution in [2.24, 2.45) is 0 Å². The third kappa shape index (κ3) is 2.62. The van der Waals surface area contributed by atoms with Crippen LogP contribution in [0.25, 0.3) is 0 Å². The molecular formula is C10H13ClN4O3. The van der Waals surface area contributed by atoms with E-state index in [2.05, 4.69) is 10.2 Å². The van der Waals surface area contributed by atoms with Crippen molar-refractivity contribution in [3.63, 3.8) is 0 Å². The van der Waals surface area contributed by atoms with Crippen molar-refractivity contribution in [1.82, 2.24) is 15.1 Å².